The fraction of sp³-hybridized carbons (Fsp3) is 0.471. The number of rotatable bonds is 6. The maximum Gasteiger partial charge on any atom is 0.350 e. The van der Waals surface area contributed by atoms with Crippen LogP contribution in [0.1, 0.15) is 25.2 Å². The van der Waals surface area contributed by atoms with Crippen LogP contribution in [0.5, 0.6) is 5.75 Å². The van der Waals surface area contributed by atoms with Gasteiger partial charge in [0.25, 0.3) is 0 Å². The summed E-state index contributed by atoms with van der Waals surface area (Å²) in [6, 6.07) is 4.35. The van der Waals surface area contributed by atoms with Crippen LogP contribution in [0.15, 0.2) is 16.9 Å². The Bertz CT molecular complexity index is 863. The van der Waals surface area contributed by atoms with Crippen molar-refractivity contribution in [3.8, 4) is 17.5 Å². The van der Waals surface area contributed by atoms with Gasteiger partial charge in [-0.2, -0.15) is 9.94 Å². The molecule has 0 N–H and O–H groups in total. The first-order valence-corrected chi connectivity index (χ1v) is 7.98. The molecular weight excluding hydrogens is 325 g/mol. The van der Waals surface area contributed by atoms with Crippen molar-refractivity contribution in [3.63, 3.8) is 0 Å². The first-order chi connectivity index (χ1) is 11.8. The molecule has 0 aliphatic carbocycles. The van der Waals surface area contributed by atoms with Crippen LogP contribution in [0.2, 0.25) is 0 Å². The van der Waals surface area contributed by atoms with Crippen LogP contribution in [-0.4, -0.2) is 46.0 Å². The molecule has 2 aromatic rings. The highest BCUT2D eigenvalue weighted by Crippen LogP contribution is 2.25. The molecule has 25 heavy (non-hydrogen) atoms. The number of halogens is 1. The molecule has 2 rings (SSSR count). The predicted molar refractivity (Wildman–Crippen MR) is 91.5 cm³/mol. The van der Waals surface area contributed by atoms with E-state index >= 15 is 0 Å². The number of aryl methyl sites for hydroxylation is 1. The van der Waals surface area contributed by atoms with Gasteiger partial charge < -0.3 is 9.64 Å². The third kappa shape index (κ3) is 3.88. The Kier molecular flexibility index (Phi) is 5.59. The normalized spacial score (nSPS) is 12.2. The van der Waals surface area contributed by atoms with Gasteiger partial charge in [0, 0.05) is 26.1 Å². The van der Waals surface area contributed by atoms with E-state index in [1.807, 2.05) is 38.9 Å². The summed E-state index contributed by atoms with van der Waals surface area (Å²) < 4.78 is 22.6. The molecule has 0 saturated carbocycles. The van der Waals surface area contributed by atoms with Gasteiger partial charge in [0.1, 0.15) is 29.4 Å². The minimum absolute atomic E-state index is 0.0358. The molecule has 1 heterocycles. The van der Waals surface area contributed by atoms with Crippen LogP contribution >= 0.6 is 0 Å². The summed E-state index contributed by atoms with van der Waals surface area (Å²) in [5.41, 5.74) is -0.411. The number of hydrogen-bond donors (Lipinski definition) is 0. The van der Waals surface area contributed by atoms with Crippen molar-refractivity contribution >= 4 is 0 Å². The molecule has 1 aromatic heterocycles. The molecule has 0 fully saturated rings. The van der Waals surface area contributed by atoms with Gasteiger partial charge in [-0.25, -0.2) is 9.18 Å². The second-order valence-corrected chi connectivity index (χ2v) is 6.13. The van der Waals surface area contributed by atoms with Crippen LogP contribution in [0.3, 0.4) is 0 Å². The van der Waals surface area contributed by atoms with E-state index in [-0.39, 0.29) is 23.1 Å². The number of likely N-dealkylation sites (N-methyl/N-ethyl adjacent to an activating group) is 1. The van der Waals surface area contributed by atoms with Gasteiger partial charge in [-0.15, -0.1) is 5.10 Å². The van der Waals surface area contributed by atoms with E-state index in [0.29, 0.717) is 18.8 Å². The summed E-state index contributed by atoms with van der Waals surface area (Å²) >= 11 is 0. The summed E-state index contributed by atoms with van der Waals surface area (Å²) in [6.45, 7) is 4.34. The lowest BCUT2D eigenvalue weighted by atomic mass is 10.2. The van der Waals surface area contributed by atoms with Crippen LogP contribution in [0.4, 0.5) is 4.39 Å². The maximum atomic E-state index is 14.5. The Labute approximate surface area is 145 Å². The molecule has 0 aliphatic heterocycles. The standard InChI is InChI=1S/C17H22FN5O2/c1-6-16-20-23(17(24)22(16)5)14-8-15(12(9-19)7-13(14)18)25-11(2)10-21(3)4/h7-8,11H,6,10H2,1-5H3. The van der Waals surface area contributed by atoms with Crippen molar-refractivity contribution < 1.29 is 9.13 Å². The lowest BCUT2D eigenvalue weighted by molar-refractivity contribution is 0.176. The average molecular weight is 347 g/mol. The molecule has 0 spiro atoms. The van der Waals surface area contributed by atoms with Crippen LogP contribution in [0.25, 0.3) is 5.69 Å². The van der Waals surface area contributed by atoms with Crippen molar-refractivity contribution in [3.05, 3.63) is 39.8 Å². The Morgan fingerprint density at radius 3 is 2.64 bits per heavy atom. The van der Waals surface area contributed by atoms with Crippen LogP contribution in [-0.2, 0) is 13.5 Å². The number of nitrogens with zero attached hydrogens (tertiary/aromatic N) is 5. The molecule has 134 valence electrons. The lowest BCUT2D eigenvalue weighted by Gasteiger charge is -2.20. The number of aromatic nitrogens is 3. The Hall–Kier alpha value is -2.66. The molecule has 1 atom stereocenters. The highest BCUT2D eigenvalue weighted by atomic mass is 19.1. The van der Waals surface area contributed by atoms with Gasteiger partial charge in [-0.3, -0.25) is 4.57 Å². The van der Waals surface area contributed by atoms with E-state index in [4.69, 9.17) is 4.74 Å². The Balaban J connectivity index is 2.52. The minimum Gasteiger partial charge on any atom is -0.488 e. The smallest absolute Gasteiger partial charge is 0.350 e. The van der Waals surface area contributed by atoms with Crippen LogP contribution in [0, 0.1) is 17.1 Å². The van der Waals surface area contributed by atoms with Crippen molar-refractivity contribution in [2.24, 2.45) is 7.05 Å². The number of ether oxygens (including phenoxy) is 1. The zero-order chi connectivity index (χ0) is 18.7. The highest BCUT2D eigenvalue weighted by molar-refractivity contribution is 5.51. The highest BCUT2D eigenvalue weighted by Gasteiger charge is 2.19. The summed E-state index contributed by atoms with van der Waals surface area (Å²) in [5, 5.41) is 13.4. The minimum atomic E-state index is -0.702. The SMILES string of the molecule is CCc1nn(-c2cc(OC(C)CN(C)C)c(C#N)cc2F)c(=O)n1C. The fourth-order valence-corrected chi connectivity index (χ4v) is 2.60. The molecular formula is C17H22FN5O2. The van der Waals surface area contributed by atoms with Crippen molar-refractivity contribution in [1.29, 1.82) is 5.26 Å². The number of nitriles is 1. The summed E-state index contributed by atoms with van der Waals surface area (Å²) in [7, 11) is 5.39. The van der Waals surface area contributed by atoms with Gasteiger partial charge in [-0.1, -0.05) is 6.92 Å². The Morgan fingerprint density at radius 2 is 2.12 bits per heavy atom. The lowest BCUT2D eigenvalue weighted by Crippen LogP contribution is -2.28. The quantitative estimate of drug-likeness (QED) is 0.791. The Morgan fingerprint density at radius 1 is 1.44 bits per heavy atom. The van der Waals surface area contributed by atoms with Crippen molar-refractivity contribution in [2.75, 3.05) is 20.6 Å². The van der Waals surface area contributed by atoms with Gasteiger partial charge in [0.15, 0.2) is 5.82 Å². The van der Waals surface area contributed by atoms with E-state index in [9.17, 15) is 14.4 Å². The zero-order valence-electron chi connectivity index (χ0n) is 15.1. The molecule has 8 heteroatoms. The molecule has 0 saturated heterocycles. The fourth-order valence-electron chi connectivity index (χ4n) is 2.60. The number of hydrogen-bond acceptors (Lipinski definition) is 5. The largest absolute Gasteiger partial charge is 0.488 e. The van der Waals surface area contributed by atoms with E-state index in [1.165, 1.54) is 10.6 Å². The van der Waals surface area contributed by atoms with E-state index in [0.717, 1.165) is 10.7 Å². The van der Waals surface area contributed by atoms with E-state index in [1.54, 1.807) is 7.05 Å². The zero-order valence-corrected chi connectivity index (χ0v) is 15.1. The topological polar surface area (TPSA) is 76.1 Å². The maximum absolute atomic E-state index is 14.5. The first kappa shape index (κ1) is 18.7. The predicted octanol–water partition coefficient (Wildman–Crippen LogP) is 1.47. The third-order valence-corrected chi connectivity index (χ3v) is 3.74. The second kappa shape index (κ2) is 7.49. The molecule has 0 radical (unpaired) electrons. The number of benzene rings is 1. The molecule has 0 amide bonds. The summed E-state index contributed by atoms with van der Waals surface area (Å²) in [6.07, 6.45) is 0.326. The van der Waals surface area contributed by atoms with Gasteiger partial charge in [-0.05, 0) is 27.1 Å². The third-order valence-electron chi connectivity index (χ3n) is 3.74. The van der Waals surface area contributed by atoms with E-state index in [2.05, 4.69) is 5.10 Å². The molecule has 7 nitrogen and oxygen atoms in total. The molecule has 1 unspecified atom stereocenters. The molecule has 0 bridgehead atoms. The van der Waals surface area contributed by atoms with E-state index < -0.39 is 11.5 Å². The van der Waals surface area contributed by atoms with Gasteiger partial charge in [0.2, 0.25) is 0 Å². The molecule has 0 aliphatic rings. The van der Waals surface area contributed by atoms with Gasteiger partial charge >= 0.3 is 5.69 Å². The first-order valence-electron chi connectivity index (χ1n) is 7.98. The van der Waals surface area contributed by atoms with Crippen molar-refractivity contribution in [1.82, 2.24) is 19.2 Å². The summed E-state index contributed by atoms with van der Waals surface area (Å²) in [5.74, 6) is 0.0630. The van der Waals surface area contributed by atoms with Gasteiger partial charge in [0.05, 0.1) is 5.56 Å². The monoisotopic (exact) mass is 347 g/mol. The second-order valence-electron chi connectivity index (χ2n) is 6.13. The van der Waals surface area contributed by atoms with Crippen LogP contribution < -0.4 is 10.4 Å². The summed E-state index contributed by atoms with van der Waals surface area (Å²) in [4.78, 5) is 14.3. The molecule has 1 aromatic carbocycles. The average Bonchev–Trinajstić information content (AvgIpc) is 2.83. The van der Waals surface area contributed by atoms with Crippen molar-refractivity contribution in [2.45, 2.75) is 26.4 Å².